The van der Waals surface area contributed by atoms with Crippen LogP contribution < -0.4 is 5.73 Å². The number of anilines is 1. The number of nitrogen functional groups attached to an aromatic ring is 1. The van der Waals surface area contributed by atoms with Gasteiger partial charge in [-0.25, -0.2) is 4.98 Å². The van der Waals surface area contributed by atoms with Gasteiger partial charge in [-0.1, -0.05) is 30.3 Å². The van der Waals surface area contributed by atoms with Gasteiger partial charge >= 0.3 is 0 Å². The van der Waals surface area contributed by atoms with Crippen molar-refractivity contribution in [3.63, 3.8) is 0 Å². The van der Waals surface area contributed by atoms with Gasteiger partial charge in [-0.3, -0.25) is 0 Å². The highest BCUT2D eigenvalue weighted by Crippen LogP contribution is 2.33. The molecule has 3 aromatic rings. The molecule has 0 aliphatic heterocycles. The van der Waals surface area contributed by atoms with E-state index in [2.05, 4.69) is 35.3 Å². The molecular weight excluding hydrogens is 272 g/mol. The van der Waals surface area contributed by atoms with Crippen LogP contribution in [0.1, 0.15) is 10.6 Å². The number of rotatable bonds is 3. The van der Waals surface area contributed by atoms with Crippen LogP contribution in [-0.4, -0.2) is 4.98 Å². The summed E-state index contributed by atoms with van der Waals surface area (Å²) in [5.41, 5.74) is 9.32. The van der Waals surface area contributed by atoms with Crippen molar-refractivity contribution in [2.45, 2.75) is 17.6 Å². The number of hydrogen-bond donors (Lipinski definition) is 1. The van der Waals surface area contributed by atoms with Crippen LogP contribution in [0.25, 0.3) is 10.2 Å². The quantitative estimate of drug-likeness (QED) is 0.570. The minimum atomic E-state index is 0.845. The van der Waals surface area contributed by atoms with Crippen molar-refractivity contribution < 1.29 is 0 Å². The number of nitrogens with zero attached hydrogens (tertiary/aromatic N) is 1. The summed E-state index contributed by atoms with van der Waals surface area (Å²) in [6.45, 7) is 2.03. The molecule has 0 atom stereocenters. The van der Waals surface area contributed by atoms with Crippen LogP contribution in [0, 0.1) is 6.92 Å². The first kappa shape index (κ1) is 12.5. The number of benzene rings is 2. The van der Waals surface area contributed by atoms with Crippen molar-refractivity contribution >= 4 is 39.0 Å². The summed E-state index contributed by atoms with van der Waals surface area (Å²) < 4.78 is 1.17. The molecule has 19 heavy (non-hydrogen) atoms. The molecule has 0 saturated heterocycles. The lowest BCUT2D eigenvalue weighted by Crippen LogP contribution is -1.89. The first-order chi connectivity index (χ1) is 9.22. The molecule has 0 unspecified atom stereocenters. The van der Waals surface area contributed by atoms with Gasteiger partial charge in [-0.15, -0.1) is 23.1 Å². The molecule has 2 aromatic carbocycles. The SMILES string of the molecule is Cc1nc2cc(SCc3ccccc3)c(N)cc2s1. The maximum absolute atomic E-state index is 6.12. The number of thiazole rings is 1. The maximum Gasteiger partial charge on any atom is 0.0907 e. The van der Waals surface area contributed by atoms with E-state index < -0.39 is 0 Å². The molecule has 0 fully saturated rings. The van der Waals surface area contributed by atoms with E-state index in [1.165, 1.54) is 10.3 Å². The van der Waals surface area contributed by atoms with Crippen LogP contribution in [-0.2, 0) is 5.75 Å². The van der Waals surface area contributed by atoms with Gasteiger partial charge in [-0.05, 0) is 24.6 Å². The minimum absolute atomic E-state index is 0.845. The average molecular weight is 286 g/mol. The normalized spacial score (nSPS) is 11.0. The molecule has 1 heterocycles. The standard InChI is InChI=1S/C15H14N2S2/c1-10-17-13-8-14(12(16)7-15(13)19-10)18-9-11-5-3-2-4-6-11/h2-8H,9,16H2,1H3. The third-order valence-electron chi connectivity index (χ3n) is 2.86. The molecule has 0 aliphatic rings. The van der Waals surface area contributed by atoms with Crippen LogP contribution in [0.4, 0.5) is 5.69 Å². The highest BCUT2D eigenvalue weighted by Gasteiger charge is 2.07. The Bertz CT molecular complexity index is 705. The number of aryl methyl sites for hydroxylation is 1. The first-order valence-corrected chi connectivity index (χ1v) is 7.86. The predicted octanol–water partition coefficient (Wildman–Crippen LogP) is 4.48. The Morgan fingerprint density at radius 3 is 2.79 bits per heavy atom. The molecule has 3 rings (SSSR count). The summed E-state index contributed by atoms with van der Waals surface area (Å²) in [5.74, 6) is 0.930. The zero-order chi connectivity index (χ0) is 13.2. The molecule has 0 spiro atoms. The number of nitrogens with two attached hydrogens (primary N) is 1. The van der Waals surface area contributed by atoms with Crippen LogP contribution in [0.2, 0.25) is 0 Å². The van der Waals surface area contributed by atoms with Crippen molar-refractivity contribution in [3.05, 3.63) is 53.0 Å². The Labute approximate surface area is 120 Å². The zero-order valence-electron chi connectivity index (χ0n) is 10.6. The Balaban J connectivity index is 1.86. The van der Waals surface area contributed by atoms with Crippen LogP contribution in [0.3, 0.4) is 0 Å². The second-order valence-corrected chi connectivity index (χ2v) is 6.62. The zero-order valence-corrected chi connectivity index (χ0v) is 12.2. The van der Waals surface area contributed by atoms with E-state index in [0.29, 0.717) is 0 Å². The lowest BCUT2D eigenvalue weighted by Gasteiger charge is -2.05. The second-order valence-electron chi connectivity index (χ2n) is 4.36. The number of hydrogen-bond acceptors (Lipinski definition) is 4. The van der Waals surface area contributed by atoms with E-state index in [9.17, 15) is 0 Å². The van der Waals surface area contributed by atoms with Gasteiger partial charge in [0.1, 0.15) is 0 Å². The highest BCUT2D eigenvalue weighted by molar-refractivity contribution is 7.98. The van der Waals surface area contributed by atoms with Gasteiger partial charge in [0.05, 0.1) is 15.2 Å². The first-order valence-electron chi connectivity index (χ1n) is 6.06. The van der Waals surface area contributed by atoms with E-state index in [1.54, 1.807) is 23.1 Å². The van der Waals surface area contributed by atoms with Crippen molar-refractivity contribution in [3.8, 4) is 0 Å². The number of thioether (sulfide) groups is 1. The fourth-order valence-corrected chi connectivity index (χ4v) is 3.74. The van der Waals surface area contributed by atoms with E-state index in [1.807, 2.05) is 19.1 Å². The molecular formula is C15H14N2S2. The summed E-state index contributed by atoms with van der Waals surface area (Å²) in [7, 11) is 0. The molecule has 4 heteroatoms. The van der Waals surface area contributed by atoms with Gasteiger partial charge in [0, 0.05) is 16.3 Å². The van der Waals surface area contributed by atoms with Crippen LogP contribution in [0.15, 0.2) is 47.4 Å². The van der Waals surface area contributed by atoms with E-state index in [4.69, 9.17) is 5.73 Å². The van der Waals surface area contributed by atoms with Crippen LogP contribution >= 0.6 is 23.1 Å². The van der Waals surface area contributed by atoms with Gasteiger partial charge in [0.15, 0.2) is 0 Å². The summed E-state index contributed by atoms with van der Waals surface area (Å²) >= 11 is 3.45. The number of fused-ring (bicyclic) bond motifs is 1. The molecule has 0 amide bonds. The highest BCUT2D eigenvalue weighted by atomic mass is 32.2. The fourth-order valence-electron chi connectivity index (χ4n) is 1.95. The Morgan fingerprint density at radius 1 is 1.21 bits per heavy atom. The molecule has 0 saturated carbocycles. The predicted molar refractivity (Wildman–Crippen MR) is 84.8 cm³/mol. The van der Waals surface area contributed by atoms with Crippen molar-refractivity contribution in [1.82, 2.24) is 4.98 Å². The molecule has 2 nitrogen and oxygen atoms in total. The molecule has 0 aliphatic carbocycles. The minimum Gasteiger partial charge on any atom is -0.398 e. The summed E-state index contributed by atoms with van der Waals surface area (Å²) in [6.07, 6.45) is 0. The van der Waals surface area contributed by atoms with Crippen LogP contribution in [0.5, 0.6) is 0 Å². The molecule has 1 aromatic heterocycles. The average Bonchev–Trinajstić information content (AvgIpc) is 2.76. The summed E-state index contributed by atoms with van der Waals surface area (Å²) in [4.78, 5) is 5.63. The van der Waals surface area contributed by atoms with Crippen molar-refractivity contribution in [1.29, 1.82) is 0 Å². The third-order valence-corrected chi connectivity index (χ3v) is 4.94. The smallest absolute Gasteiger partial charge is 0.0907 e. The number of aromatic nitrogens is 1. The summed E-state index contributed by atoms with van der Waals surface area (Å²) in [5, 5.41) is 1.08. The third kappa shape index (κ3) is 2.74. The van der Waals surface area contributed by atoms with Gasteiger partial charge in [-0.2, -0.15) is 0 Å². The molecule has 0 radical (unpaired) electrons. The van der Waals surface area contributed by atoms with Gasteiger partial charge < -0.3 is 5.73 Å². The maximum atomic E-state index is 6.12. The van der Waals surface area contributed by atoms with E-state index in [-0.39, 0.29) is 0 Å². The Morgan fingerprint density at radius 2 is 2.00 bits per heavy atom. The van der Waals surface area contributed by atoms with Crippen molar-refractivity contribution in [2.24, 2.45) is 0 Å². The Kier molecular flexibility index (Phi) is 3.44. The lowest BCUT2D eigenvalue weighted by atomic mass is 10.2. The molecule has 0 bridgehead atoms. The largest absolute Gasteiger partial charge is 0.398 e. The van der Waals surface area contributed by atoms with Gasteiger partial charge in [0.2, 0.25) is 0 Å². The molecule has 2 N–H and O–H groups in total. The lowest BCUT2D eigenvalue weighted by molar-refractivity contribution is 1.33. The van der Waals surface area contributed by atoms with E-state index in [0.717, 1.165) is 26.9 Å². The fraction of sp³-hybridized carbons (Fsp3) is 0.133. The summed E-state index contributed by atoms with van der Waals surface area (Å²) in [6, 6.07) is 14.6. The topological polar surface area (TPSA) is 38.9 Å². The van der Waals surface area contributed by atoms with Crippen molar-refractivity contribution in [2.75, 3.05) is 5.73 Å². The van der Waals surface area contributed by atoms with E-state index >= 15 is 0 Å². The molecule has 96 valence electrons. The Hall–Kier alpha value is -1.52. The second kappa shape index (κ2) is 5.23. The van der Waals surface area contributed by atoms with Gasteiger partial charge in [0.25, 0.3) is 0 Å². The monoisotopic (exact) mass is 286 g/mol.